The Balaban J connectivity index is 1.19. The van der Waals surface area contributed by atoms with Crippen LogP contribution in [0, 0.1) is 0 Å². The zero-order valence-electron chi connectivity index (χ0n) is 21.9. The van der Waals surface area contributed by atoms with E-state index in [0.29, 0.717) is 16.1 Å². The van der Waals surface area contributed by atoms with Crippen molar-refractivity contribution >= 4 is 88.8 Å². The van der Waals surface area contributed by atoms with Crippen molar-refractivity contribution in [3.63, 3.8) is 0 Å². The van der Waals surface area contributed by atoms with Crippen molar-refractivity contribution in [2.75, 3.05) is 12.3 Å². The Bertz CT molecular complexity index is 1890. The van der Waals surface area contributed by atoms with Gasteiger partial charge in [0.05, 0.1) is 40.1 Å². The van der Waals surface area contributed by atoms with Crippen LogP contribution < -0.4 is 11.4 Å². The summed E-state index contributed by atoms with van der Waals surface area (Å²) in [6.45, 7) is -8.92. The Hall–Kier alpha value is -1.67. The number of nitrogens with one attached hydrogen (secondary N) is 1. The number of H-pyrrole nitrogens is 1. The number of fused-ring (bicyclic) bond motifs is 2. The molecule has 5 heterocycles. The van der Waals surface area contributed by atoms with Gasteiger partial charge in [-0.1, -0.05) is 35.5 Å². The molecule has 0 amide bonds. The lowest BCUT2D eigenvalue weighted by atomic mass is 10.2. The fourth-order valence-corrected chi connectivity index (χ4v) is 7.54. The number of hydrogen-bond donors (Lipinski definition) is 6. The third-order valence-corrected chi connectivity index (χ3v) is 9.98. The van der Waals surface area contributed by atoms with E-state index in [4.69, 9.17) is 63.8 Å². The summed E-state index contributed by atoms with van der Waals surface area (Å²) in [6, 6.07) is 3.14. The van der Waals surface area contributed by atoms with Crippen molar-refractivity contribution in [2.24, 2.45) is 0 Å². The van der Waals surface area contributed by atoms with Gasteiger partial charge in [0.15, 0.2) is 24.0 Å². The van der Waals surface area contributed by atoms with Crippen molar-refractivity contribution in [1.29, 1.82) is 0 Å². The largest absolute Gasteiger partial charge is 0.388 e. The van der Waals surface area contributed by atoms with E-state index in [0.717, 1.165) is 10.9 Å². The van der Waals surface area contributed by atoms with Crippen molar-refractivity contribution in [2.45, 2.75) is 49.9 Å². The predicted molar refractivity (Wildman–Crippen MR) is 163 cm³/mol. The van der Waals surface area contributed by atoms with Gasteiger partial charge in [0.25, 0.3) is 0 Å². The van der Waals surface area contributed by atoms with E-state index in [1.807, 2.05) is 0 Å². The summed E-state index contributed by atoms with van der Waals surface area (Å²) in [5.41, 5.74) is 6.56. The van der Waals surface area contributed by atoms with Crippen LogP contribution in [-0.4, -0.2) is 75.2 Å². The molecule has 6 rings (SSSR count). The Morgan fingerprint density at radius 2 is 1.93 bits per heavy atom. The molecule has 0 radical (unpaired) electrons. The minimum atomic E-state index is -4.25. The standard InChI is InChI=1S/C21H23Cl2N7O10P2S2/c22-8-1-10-11(2-9(8)23)29(7-27-10)20-12(31)3-16(38-20)40-42(35,44)39-13-4-15(37-14(13)5-36-41(33,34)43)30-19-17(28-21(30)32)18(24)25-6-26-19/h1-2,6-7,12-16,20,31H,3-5H2,(H,28,32)(H,35,44)(H2,24,25,26)(H2,33,34,43)/t12-,13-,14+,15+,16+,20+,42?/m0/s1. The molecular formula is C21H23Cl2N7O10P2S2. The smallest absolute Gasteiger partial charge is 0.383 e. The number of aliphatic hydroxyl groups excluding tert-OH is 1. The lowest BCUT2D eigenvalue weighted by molar-refractivity contribution is -0.114. The number of nitrogens with two attached hydrogens (primary N) is 1. The molecule has 23 heteroatoms. The molecule has 1 aromatic carbocycles. The first kappa shape index (κ1) is 32.3. The van der Waals surface area contributed by atoms with E-state index in [1.165, 1.54) is 10.9 Å². The van der Waals surface area contributed by atoms with E-state index in [9.17, 15) is 24.3 Å². The first-order valence-corrected chi connectivity index (χ1v) is 18.7. The normalized spacial score (nSPS) is 28.5. The van der Waals surface area contributed by atoms with E-state index in [2.05, 4.69) is 32.2 Å². The first-order chi connectivity index (χ1) is 20.7. The molecule has 2 saturated heterocycles. The Kier molecular flexibility index (Phi) is 8.93. The highest BCUT2D eigenvalue weighted by Crippen LogP contribution is 2.53. The highest BCUT2D eigenvalue weighted by molar-refractivity contribution is 8.44. The lowest BCUT2D eigenvalue weighted by Gasteiger charge is -2.25. The monoisotopic (exact) mass is 729 g/mol. The minimum absolute atomic E-state index is 0.0275. The molecule has 238 valence electrons. The van der Waals surface area contributed by atoms with E-state index >= 15 is 0 Å². The second-order valence-corrected chi connectivity index (χ2v) is 16.1. The molecule has 44 heavy (non-hydrogen) atoms. The number of nitrogen functional groups attached to an aromatic ring is 1. The quantitative estimate of drug-likeness (QED) is 0.107. The summed E-state index contributed by atoms with van der Waals surface area (Å²) in [4.78, 5) is 48.1. The third kappa shape index (κ3) is 6.59. The number of nitrogens with zero attached hydrogens (tertiary/aromatic N) is 5. The Morgan fingerprint density at radius 1 is 1.18 bits per heavy atom. The number of thiol groups is 1. The molecule has 8 atom stereocenters. The van der Waals surface area contributed by atoms with Gasteiger partial charge in [0, 0.05) is 12.8 Å². The fraction of sp³-hybridized carbons (Fsp3) is 0.429. The summed E-state index contributed by atoms with van der Waals surface area (Å²) < 4.78 is 42.5. The van der Waals surface area contributed by atoms with Gasteiger partial charge >= 0.3 is 19.2 Å². The second-order valence-electron chi connectivity index (χ2n) is 9.79. The summed E-state index contributed by atoms with van der Waals surface area (Å²) in [7, 11) is 0. The fourth-order valence-electron chi connectivity index (χ4n) is 5.02. The summed E-state index contributed by atoms with van der Waals surface area (Å²) in [5, 5.41) is 11.3. The van der Waals surface area contributed by atoms with Gasteiger partial charge < -0.3 is 44.2 Å². The van der Waals surface area contributed by atoms with Crippen LogP contribution in [0.15, 0.2) is 29.6 Å². The number of hydrogen-bond acceptors (Lipinski definition) is 13. The van der Waals surface area contributed by atoms with E-state index in [-0.39, 0.29) is 34.8 Å². The molecular weight excluding hydrogens is 707 g/mol. The lowest BCUT2D eigenvalue weighted by Crippen LogP contribution is -2.28. The van der Waals surface area contributed by atoms with E-state index < -0.39 is 62.9 Å². The molecule has 17 nitrogen and oxygen atoms in total. The number of aromatic nitrogens is 6. The van der Waals surface area contributed by atoms with Crippen molar-refractivity contribution in [3.05, 3.63) is 45.3 Å². The van der Waals surface area contributed by atoms with Crippen LogP contribution in [0.4, 0.5) is 5.82 Å². The Labute approximate surface area is 267 Å². The average molecular weight is 730 g/mol. The molecule has 2 unspecified atom stereocenters. The molecule has 0 spiro atoms. The number of ether oxygens (including phenoxy) is 2. The zero-order valence-corrected chi connectivity index (χ0v) is 26.9. The minimum Gasteiger partial charge on any atom is -0.388 e. The van der Waals surface area contributed by atoms with Crippen LogP contribution in [0.1, 0.15) is 25.3 Å². The van der Waals surface area contributed by atoms with Crippen molar-refractivity contribution in [3.8, 4) is 0 Å². The summed E-state index contributed by atoms with van der Waals surface area (Å²) in [6.07, 6.45) is -4.17. The second kappa shape index (κ2) is 12.2. The maximum absolute atomic E-state index is 12.8. The van der Waals surface area contributed by atoms with Gasteiger partial charge in [0.2, 0.25) is 0 Å². The average Bonchev–Trinajstić information content (AvgIpc) is 3.67. The molecule has 0 bridgehead atoms. The molecule has 3 aromatic heterocycles. The number of halogens is 2. The van der Waals surface area contributed by atoms with Gasteiger partial charge in [-0.2, -0.15) is 0 Å². The molecule has 2 aliphatic rings. The number of aliphatic hydroxyl groups is 1. The van der Waals surface area contributed by atoms with E-state index in [1.54, 1.807) is 12.1 Å². The molecule has 6 N–H and O–H groups in total. The van der Waals surface area contributed by atoms with Crippen LogP contribution in [0.2, 0.25) is 10.0 Å². The van der Waals surface area contributed by atoms with Gasteiger partial charge in [-0.25, -0.2) is 28.9 Å². The van der Waals surface area contributed by atoms with Gasteiger partial charge in [0.1, 0.15) is 30.3 Å². The first-order valence-electron chi connectivity index (χ1n) is 12.6. The van der Waals surface area contributed by atoms with Gasteiger partial charge in [-0.05, 0) is 23.9 Å². The highest BCUT2D eigenvalue weighted by atomic mass is 35.5. The van der Waals surface area contributed by atoms with Gasteiger partial charge in [-0.3, -0.25) is 9.05 Å². The van der Waals surface area contributed by atoms with Crippen LogP contribution in [0.3, 0.4) is 0 Å². The predicted octanol–water partition coefficient (Wildman–Crippen LogP) is 2.62. The number of rotatable bonds is 9. The summed E-state index contributed by atoms with van der Waals surface area (Å²) in [5.74, 6) is 0.0275. The van der Waals surface area contributed by atoms with Gasteiger partial charge in [-0.15, -0.1) is 0 Å². The molecule has 0 saturated carbocycles. The zero-order chi connectivity index (χ0) is 31.6. The maximum Gasteiger partial charge on any atom is 0.383 e. The highest BCUT2D eigenvalue weighted by Gasteiger charge is 2.45. The molecule has 4 aromatic rings. The SMILES string of the molecule is Nc1ncnc2c1[nH]c(=O)n2[C@H]1C[C@H](OP(O)(=S)O[C@@H]2C[C@H](O)[C@H](n3cnc4cc(Cl)c(Cl)cc43)O2)[C@@H](COP(=O)(O)S)O1. The number of aromatic amines is 1. The number of anilines is 1. The topological polar surface area (TPSA) is 231 Å². The number of benzene rings is 1. The number of imidazole rings is 2. The van der Waals surface area contributed by atoms with Crippen molar-refractivity contribution < 1.29 is 42.5 Å². The molecule has 2 fully saturated rings. The van der Waals surface area contributed by atoms with Crippen LogP contribution in [-0.2, 0) is 39.4 Å². The van der Waals surface area contributed by atoms with Crippen LogP contribution in [0.5, 0.6) is 0 Å². The molecule has 0 aliphatic carbocycles. The van der Waals surface area contributed by atoms with Crippen LogP contribution in [0.25, 0.3) is 22.2 Å². The third-order valence-electron chi connectivity index (χ3n) is 6.88. The maximum atomic E-state index is 12.8. The molecule has 2 aliphatic heterocycles. The summed E-state index contributed by atoms with van der Waals surface area (Å²) >= 11 is 21.0. The van der Waals surface area contributed by atoms with Crippen molar-refractivity contribution in [1.82, 2.24) is 29.1 Å². The Morgan fingerprint density at radius 3 is 2.68 bits per heavy atom. The van der Waals surface area contributed by atoms with Crippen LogP contribution >= 0.6 is 49.0 Å².